The molecule has 2 rings (SSSR count). The molecule has 0 bridgehead atoms. The fourth-order valence-electron chi connectivity index (χ4n) is 2.14. The van der Waals surface area contributed by atoms with E-state index >= 15 is 0 Å². The molecular formula is C17H17N3O. The number of nitriles is 1. The third-order valence-electron chi connectivity index (χ3n) is 3.42. The minimum absolute atomic E-state index is 0.110. The molecule has 0 fully saturated rings. The Labute approximate surface area is 124 Å². The quantitative estimate of drug-likeness (QED) is 0.882. The lowest BCUT2D eigenvalue weighted by Crippen LogP contribution is -2.21. The molecule has 0 spiro atoms. The molecule has 21 heavy (non-hydrogen) atoms. The number of rotatable bonds is 5. The van der Waals surface area contributed by atoms with Crippen LogP contribution >= 0.6 is 0 Å². The summed E-state index contributed by atoms with van der Waals surface area (Å²) in [5.74, 6) is -0.418. The maximum absolute atomic E-state index is 11.4. The molecule has 106 valence electrons. The summed E-state index contributed by atoms with van der Waals surface area (Å²) in [5.41, 5.74) is 8.52. The fraction of sp³-hybridized carbons (Fsp3) is 0.176. The molecule has 1 atom stereocenters. The van der Waals surface area contributed by atoms with Crippen LogP contribution < -0.4 is 11.1 Å². The van der Waals surface area contributed by atoms with Crippen LogP contribution in [0.5, 0.6) is 0 Å². The molecule has 0 aliphatic heterocycles. The van der Waals surface area contributed by atoms with Crippen LogP contribution in [0.4, 0.5) is 0 Å². The molecule has 2 aromatic carbocycles. The lowest BCUT2D eigenvalue weighted by Gasteiger charge is -2.15. The van der Waals surface area contributed by atoms with Gasteiger partial charge in [-0.1, -0.05) is 30.3 Å². The first-order valence-corrected chi connectivity index (χ1v) is 6.73. The molecular weight excluding hydrogens is 262 g/mol. The number of benzene rings is 2. The standard InChI is InChI=1S/C17H17N3O/c1-12(14-8-6-13(10-18)7-9-14)20-11-15-4-2-3-5-16(15)17(19)21/h2-9,12,20H,11H2,1H3,(H2,19,21). The van der Waals surface area contributed by atoms with Crippen molar-refractivity contribution in [3.8, 4) is 6.07 Å². The summed E-state index contributed by atoms with van der Waals surface area (Å²) in [6.45, 7) is 2.59. The number of carbonyl (C=O) groups is 1. The van der Waals surface area contributed by atoms with Gasteiger partial charge in [0.25, 0.3) is 0 Å². The van der Waals surface area contributed by atoms with Gasteiger partial charge in [-0.15, -0.1) is 0 Å². The molecule has 0 aliphatic rings. The Morgan fingerprint density at radius 1 is 1.24 bits per heavy atom. The Kier molecular flexibility index (Phi) is 4.70. The first kappa shape index (κ1) is 14.8. The van der Waals surface area contributed by atoms with Crippen molar-refractivity contribution in [2.24, 2.45) is 5.73 Å². The van der Waals surface area contributed by atoms with E-state index in [2.05, 4.69) is 11.4 Å². The van der Waals surface area contributed by atoms with E-state index in [0.29, 0.717) is 17.7 Å². The number of carbonyl (C=O) groups excluding carboxylic acids is 1. The zero-order valence-electron chi connectivity index (χ0n) is 11.8. The second kappa shape index (κ2) is 6.69. The average Bonchev–Trinajstić information content (AvgIpc) is 2.52. The maximum atomic E-state index is 11.4. The summed E-state index contributed by atoms with van der Waals surface area (Å²) >= 11 is 0. The van der Waals surface area contributed by atoms with E-state index in [4.69, 9.17) is 11.0 Å². The molecule has 0 aromatic heterocycles. The largest absolute Gasteiger partial charge is 0.366 e. The van der Waals surface area contributed by atoms with Crippen molar-refractivity contribution in [1.29, 1.82) is 5.26 Å². The van der Waals surface area contributed by atoms with Gasteiger partial charge in [-0.25, -0.2) is 0 Å². The second-order valence-electron chi connectivity index (χ2n) is 4.86. The van der Waals surface area contributed by atoms with E-state index in [9.17, 15) is 4.79 Å². The molecule has 4 nitrogen and oxygen atoms in total. The molecule has 0 aliphatic carbocycles. The van der Waals surface area contributed by atoms with Crippen molar-refractivity contribution < 1.29 is 4.79 Å². The van der Waals surface area contributed by atoms with Crippen LogP contribution in [-0.4, -0.2) is 5.91 Å². The number of amides is 1. The highest BCUT2D eigenvalue weighted by molar-refractivity contribution is 5.94. The first-order chi connectivity index (χ1) is 10.1. The van der Waals surface area contributed by atoms with Gasteiger partial charge in [0.15, 0.2) is 0 Å². The molecule has 1 unspecified atom stereocenters. The summed E-state index contributed by atoms with van der Waals surface area (Å²) in [6, 6.07) is 17.0. The van der Waals surface area contributed by atoms with Crippen molar-refractivity contribution in [3.63, 3.8) is 0 Å². The lowest BCUT2D eigenvalue weighted by atomic mass is 10.0. The zero-order chi connectivity index (χ0) is 15.2. The third-order valence-corrected chi connectivity index (χ3v) is 3.42. The Morgan fingerprint density at radius 2 is 1.90 bits per heavy atom. The van der Waals surface area contributed by atoms with E-state index in [1.54, 1.807) is 24.3 Å². The molecule has 2 aromatic rings. The van der Waals surface area contributed by atoms with Gasteiger partial charge in [0.2, 0.25) is 5.91 Å². The topological polar surface area (TPSA) is 78.9 Å². The monoisotopic (exact) mass is 279 g/mol. The van der Waals surface area contributed by atoms with E-state index in [1.165, 1.54) is 0 Å². The Balaban J connectivity index is 2.05. The van der Waals surface area contributed by atoms with Crippen molar-refractivity contribution in [2.75, 3.05) is 0 Å². The number of nitrogens with one attached hydrogen (secondary N) is 1. The molecule has 3 N–H and O–H groups in total. The van der Waals surface area contributed by atoms with E-state index in [0.717, 1.165) is 11.1 Å². The van der Waals surface area contributed by atoms with E-state index in [-0.39, 0.29) is 6.04 Å². The van der Waals surface area contributed by atoms with Crippen molar-refractivity contribution in [2.45, 2.75) is 19.5 Å². The zero-order valence-corrected chi connectivity index (χ0v) is 11.8. The molecule has 0 heterocycles. The lowest BCUT2D eigenvalue weighted by molar-refractivity contribution is 0.0999. The normalized spacial score (nSPS) is 11.6. The predicted molar refractivity (Wildman–Crippen MR) is 81.4 cm³/mol. The molecule has 0 radical (unpaired) electrons. The molecule has 0 saturated heterocycles. The Hall–Kier alpha value is -2.64. The Bertz CT molecular complexity index is 671. The highest BCUT2D eigenvalue weighted by Crippen LogP contribution is 2.15. The summed E-state index contributed by atoms with van der Waals surface area (Å²) in [6.07, 6.45) is 0. The second-order valence-corrected chi connectivity index (χ2v) is 4.86. The van der Waals surface area contributed by atoms with Crippen molar-refractivity contribution in [3.05, 3.63) is 70.8 Å². The van der Waals surface area contributed by atoms with Crippen LogP contribution in [0.1, 0.15) is 40.0 Å². The van der Waals surface area contributed by atoms with Crippen LogP contribution in [0.15, 0.2) is 48.5 Å². The van der Waals surface area contributed by atoms with Crippen molar-refractivity contribution >= 4 is 5.91 Å². The highest BCUT2D eigenvalue weighted by Gasteiger charge is 2.09. The van der Waals surface area contributed by atoms with Crippen LogP contribution in [0.25, 0.3) is 0 Å². The van der Waals surface area contributed by atoms with E-state index in [1.807, 2.05) is 31.2 Å². The first-order valence-electron chi connectivity index (χ1n) is 6.73. The molecule has 4 heteroatoms. The minimum Gasteiger partial charge on any atom is -0.366 e. The molecule has 1 amide bonds. The summed E-state index contributed by atoms with van der Waals surface area (Å²) in [7, 11) is 0. The van der Waals surface area contributed by atoms with Gasteiger partial charge in [-0.05, 0) is 36.2 Å². The smallest absolute Gasteiger partial charge is 0.249 e. The number of nitrogens with two attached hydrogens (primary N) is 1. The number of hydrogen-bond donors (Lipinski definition) is 2. The Morgan fingerprint density at radius 3 is 2.52 bits per heavy atom. The molecule has 0 saturated carbocycles. The summed E-state index contributed by atoms with van der Waals surface area (Å²) in [5, 5.41) is 12.1. The van der Waals surface area contributed by atoms with Gasteiger partial charge in [0.1, 0.15) is 0 Å². The number of hydrogen-bond acceptors (Lipinski definition) is 3. The van der Waals surface area contributed by atoms with Gasteiger partial charge in [0.05, 0.1) is 11.6 Å². The SMILES string of the molecule is CC(NCc1ccccc1C(N)=O)c1ccc(C#N)cc1. The number of nitrogens with zero attached hydrogens (tertiary/aromatic N) is 1. The number of primary amides is 1. The van der Waals surface area contributed by atoms with Gasteiger partial charge in [0, 0.05) is 18.2 Å². The van der Waals surface area contributed by atoms with Gasteiger partial charge < -0.3 is 11.1 Å². The van der Waals surface area contributed by atoms with Crippen LogP contribution in [-0.2, 0) is 6.54 Å². The van der Waals surface area contributed by atoms with Gasteiger partial charge >= 0.3 is 0 Å². The van der Waals surface area contributed by atoms with E-state index < -0.39 is 5.91 Å². The van der Waals surface area contributed by atoms with Gasteiger partial charge in [-0.3, -0.25) is 4.79 Å². The predicted octanol–water partition coefficient (Wildman–Crippen LogP) is 2.51. The summed E-state index contributed by atoms with van der Waals surface area (Å²) < 4.78 is 0. The highest BCUT2D eigenvalue weighted by atomic mass is 16.1. The fourth-order valence-corrected chi connectivity index (χ4v) is 2.14. The van der Waals surface area contributed by atoms with Crippen LogP contribution in [0, 0.1) is 11.3 Å². The van der Waals surface area contributed by atoms with Crippen LogP contribution in [0.3, 0.4) is 0 Å². The maximum Gasteiger partial charge on any atom is 0.249 e. The van der Waals surface area contributed by atoms with Gasteiger partial charge in [-0.2, -0.15) is 5.26 Å². The van der Waals surface area contributed by atoms with Crippen LogP contribution in [0.2, 0.25) is 0 Å². The minimum atomic E-state index is -0.418. The average molecular weight is 279 g/mol. The third kappa shape index (κ3) is 3.68. The summed E-state index contributed by atoms with van der Waals surface area (Å²) in [4.78, 5) is 11.4. The van der Waals surface area contributed by atoms with Crippen molar-refractivity contribution in [1.82, 2.24) is 5.32 Å².